The number of halogens is 3. The number of hydrogen-bond acceptors (Lipinski definition) is 6. The maximum absolute atomic E-state index is 14.0. The van der Waals surface area contributed by atoms with Crippen LogP contribution in [0.3, 0.4) is 0 Å². The van der Waals surface area contributed by atoms with Crippen molar-refractivity contribution in [2.45, 2.75) is 42.8 Å². The van der Waals surface area contributed by atoms with E-state index in [1.165, 1.54) is 36.2 Å². The van der Waals surface area contributed by atoms with Crippen LogP contribution in [0.25, 0.3) is 5.69 Å². The maximum Gasteiger partial charge on any atom is 0.410 e. The number of hydrogen-bond donors (Lipinski definition) is 0. The summed E-state index contributed by atoms with van der Waals surface area (Å²) >= 11 is 12.0. The number of nitrogens with zero attached hydrogens (tertiary/aromatic N) is 4. The van der Waals surface area contributed by atoms with Crippen molar-refractivity contribution in [1.82, 2.24) is 19.7 Å². The lowest BCUT2D eigenvalue weighted by Crippen LogP contribution is -2.33. The van der Waals surface area contributed by atoms with E-state index >= 15 is 0 Å². The molecule has 1 aromatic carbocycles. The van der Waals surface area contributed by atoms with Crippen LogP contribution in [0, 0.1) is 5.82 Å². The van der Waals surface area contributed by atoms with E-state index in [1.54, 1.807) is 20.8 Å². The summed E-state index contributed by atoms with van der Waals surface area (Å²) in [5.74, 6) is -0.631. The molecular weight excluding hydrogens is 494 g/mol. The second kappa shape index (κ2) is 9.28. The van der Waals surface area contributed by atoms with Gasteiger partial charge in [-0.15, -0.1) is 0 Å². The summed E-state index contributed by atoms with van der Waals surface area (Å²) in [6, 6.07) is 7.41. The third kappa shape index (κ3) is 5.82. The molecule has 0 saturated carbocycles. The molecule has 0 fully saturated rings. The Labute approximate surface area is 200 Å². The normalized spacial score (nSPS) is 12.0. The molecule has 0 saturated heterocycles. The van der Waals surface area contributed by atoms with Gasteiger partial charge >= 0.3 is 6.09 Å². The van der Waals surface area contributed by atoms with Crippen LogP contribution in [0.2, 0.25) is 10.2 Å². The summed E-state index contributed by atoms with van der Waals surface area (Å²) in [6.07, 6.45) is 0.487. The second-order valence-electron chi connectivity index (χ2n) is 8.14. The molecule has 0 aliphatic rings. The van der Waals surface area contributed by atoms with Gasteiger partial charge in [-0.2, -0.15) is 5.10 Å². The fraction of sp³-hybridized carbons (Fsp3) is 0.286. The van der Waals surface area contributed by atoms with E-state index in [2.05, 4.69) is 10.1 Å². The SMILES string of the molecule is CN(Cc1cc(S(=O)(=O)c2ccc(Cl)nc2)n(-c2cc(F)ccc2Cl)n1)C(=O)OC(C)(C)C. The van der Waals surface area contributed by atoms with Crippen molar-refractivity contribution in [3.8, 4) is 5.69 Å². The summed E-state index contributed by atoms with van der Waals surface area (Å²) in [4.78, 5) is 17.2. The zero-order chi connectivity index (χ0) is 24.6. The largest absolute Gasteiger partial charge is 0.444 e. The van der Waals surface area contributed by atoms with E-state index in [9.17, 15) is 17.6 Å². The number of benzene rings is 1. The van der Waals surface area contributed by atoms with Crippen molar-refractivity contribution in [3.63, 3.8) is 0 Å². The first kappa shape index (κ1) is 24.9. The third-order valence-electron chi connectivity index (χ3n) is 4.25. The monoisotopic (exact) mass is 514 g/mol. The molecule has 33 heavy (non-hydrogen) atoms. The van der Waals surface area contributed by atoms with Crippen molar-refractivity contribution in [3.05, 3.63) is 64.3 Å². The summed E-state index contributed by atoms with van der Waals surface area (Å²) < 4.78 is 47.0. The van der Waals surface area contributed by atoms with Gasteiger partial charge < -0.3 is 9.64 Å². The molecule has 0 spiro atoms. The number of sulfone groups is 1. The lowest BCUT2D eigenvalue weighted by Gasteiger charge is -2.24. The number of carbonyl (C=O) groups is 1. The molecule has 2 aromatic heterocycles. The van der Waals surface area contributed by atoms with Gasteiger partial charge in [0.15, 0.2) is 5.03 Å². The van der Waals surface area contributed by atoms with E-state index < -0.39 is 27.3 Å². The lowest BCUT2D eigenvalue weighted by molar-refractivity contribution is 0.0283. The molecule has 0 radical (unpaired) electrons. The number of rotatable bonds is 5. The summed E-state index contributed by atoms with van der Waals surface area (Å²) in [5, 5.41) is 4.22. The van der Waals surface area contributed by atoms with Crippen molar-refractivity contribution in [2.24, 2.45) is 0 Å². The zero-order valence-corrected chi connectivity index (χ0v) is 20.5. The van der Waals surface area contributed by atoms with Crippen molar-refractivity contribution in [2.75, 3.05) is 7.05 Å². The van der Waals surface area contributed by atoms with E-state index in [-0.39, 0.29) is 38.0 Å². The number of carbonyl (C=O) groups excluding carboxylic acids is 1. The van der Waals surface area contributed by atoms with Crippen molar-refractivity contribution >= 4 is 39.1 Å². The first-order chi connectivity index (χ1) is 15.3. The van der Waals surface area contributed by atoms with Gasteiger partial charge in [0.2, 0.25) is 9.84 Å². The van der Waals surface area contributed by atoms with Gasteiger partial charge in [-0.3, -0.25) is 0 Å². The molecule has 0 unspecified atom stereocenters. The maximum atomic E-state index is 14.0. The predicted octanol–water partition coefficient (Wildman–Crippen LogP) is 4.91. The smallest absolute Gasteiger partial charge is 0.410 e. The van der Waals surface area contributed by atoms with Crippen LogP contribution in [0.4, 0.5) is 9.18 Å². The Hall–Kier alpha value is -2.69. The standard InChI is InChI=1S/C21H21Cl2FN4O4S/c1-21(2,3)32-20(29)27(4)12-14-10-19(33(30,31)15-6-8-18(23)25-11-15)28(26-14)17-9-13(24)5-7-16(17)22/h5-11H,12H2,1-4H3. The van der Waals surface area contributed by atoms with Crippen molar-refractivity contribution < 1.29 is 22.3 Å². The highest BCUT2D eigenvalue weighted by Crippen LogP contribution is 2.29. The Morgan fingerprint density at radius 2 is 1.88 bits per heavy atom. The highest BCUT2D eigenvalue weighted by Gasteiger charge is 2.28. The molecule has 1 amide bonds. The average molecular weight is 515 g/mol. The Morgan fingerprint density at radius 3 is 2.48 bits per heavy atom. The van der Waals surface area contributed by atoms with Gasteiger partial charge in [-0.25, -0.2) is 27.3 Å². The molecule has 0 N–H and O–H groups in total. The molecule has 2 heterocycles. The first-order valence-electron chi connectivity index (χ1n) is 9.63. The zero-order valence-electron chi connectivity index (χ0n) is 18.2. The van der Waals surface area contributed by atoms with Crippen molar-refractivity contribution in [1.29, 1.82) is 0 Å². The molecule has 0 bridgehead atoms. The topological polar surface area (TPSA) is 94.4 Å². The van der Waals surface area contributed by atoms with Crippen LogP contribution in [0.15, 0.2) is 52.5 Å². The molecule has 0 aliphatic heterocycles. The summed E-state index contributed by atoms with van der Waals surface area (Å²) in [7, 11) is -2.68. The van der Waals surface area contributed by atoms with Gasteiger partial charge in [0.1, 0.15) is 16.6 Å². The quantitative estimate of drug-likeness (QED) is 0.448. The minimum atomic E-state index is -4.16. The van der Waals surface area contributed by atoms with E-state index in [0.29, 0.717) is 0 Å². The Morgan fingerprint density at radius 1 is 1.18 bits per heavy atom. The van der Waals surface area contributed by atoms with Crippen LogP contribution in [0.5, 0.6) is 0 Å². The molecule has 12 heteroatoms. The minimum Gasteiger partial charge on any atom is -0.444 e. The Bertz CT molecular complexity index is 1290. The Balaban J connectivity index is 2.10. The van der Waals surface area contributed by atoms with E-state index in [0.717, 1.165) is 23.0 Å². The van der Waals surface area contributed by atoms with E-state index in [4.69, 9.17) is 27.9 Å². The molecule has 8 nitrogen and oxygen atoms in total. The minimum absolute atomic E-state index is 0.0170. The molecule has 3 aromatic rings. The highest BCUT2D eigenvalue weighted by atomic mass is 35.5. The van der Waals surface area contributed by atoms with Gasteiger partial charge in [0, 0.05) is 25.4 Å². The number of amides is 1. The number of pyridine rings is 1. The molecule has 0 atom stereocenters. The van der Waals surface area contributed by atoms with Crippen LogP contribution >= 0.6 is 23.2 Å². The summed E-state index contributed by atoms with van der Waals surface area (Å²) in [5.41, 5.74) is -0.483. The van der Waals surface area contributed by atoms with Crippen LogP contribution in [0.1, 0.15) is 26.5 Å². The Kier molecular flexibility index (Phi) is 7.01. The third-order valence-corrected chi connectivity index (χ3v) is 6.50. The lowest BCUT2D eigenvalue weighted by atomic mass is 10.2. The van der Waals surface area contributed by atoms with Crippen LogP contribution < -0.4 is 0 Å². The number of ether oxygens (including phenoxy) is 1. The predicted molar refractivity (Wildman–Crippen MR) is 121 cm³/mol. The van der Waals surface area contributed by atoms with Gasteiger partial charge in [-0.05, 0) is 45.0 Å². The van der Waals surface area contributed by atoms with E-state index in [1.807, 2.05) is 0 Å². The van der Waals surface area contributed by atoms with Gasteiger partial charge in [0.25, 0.3) is 0 Å². The number of aromatic nitrogens is 3. The second-order valence-corrected chi connectivity index (χ2v) is 10.8. The average Bonchev–Trinajstić information content (AvgIpc) is 3.13. The molecular formula is C21H21Cl2FN4O4S. The van der Waals surface area contributed by atoms with Crippen LogP contribution in [-0.2, 0) is 21.1 Å². The van der Waals surface area contributed by atoms with Gasteiger partial charge in [-0.1, -0.05) is 23.2 Å². The summed E-state index contributed by atoms with van der Waals surface area (Å²) in [6.45, 7) is 5.11. The fourth-order valence-corrected chi connectivity index (χ4v) is 4.44. The molecule has 0 aliphatic carbocycles. The molecule has 176 valence electrons. The molecule has 3 rings (SSSR count). The first-order valence-corrected chi connectivity index (χ1v) is 11.9. The van der Waals surface area contributed by atoms with Gasteiger partial charge in [0.05, 0.1) is 27.8 Å². The van der Waals surface area contributed by atoms with Crippen LogP contribution in [-0.4, -0.2) is 46.8 Å². The fourth-order valence-electron chi connectivity index (χ4n) is 2.79. The highest BCUT2D eigenvalue weighted by molar-refractivity contribution is 7.91.